The average Bonchev–Trinajstić information content (AvgIpc) is 2.38. The summed E-state index contributed by atoms with van der Waals surface area (Å²) in [5, 5.41) is 11.0. The largest absolute Gasteiger partial charge is 0.492 e. The summed E-state index contributed by atoms with van der Waals surface area (Å²) in [6.45, 7) is 1.87. The van der Waals surface area contributed by atoms with E-state index in [9.17, 15) is 9.59 Å². The maximum absolute atomic E-state index is 11.5. The van der Waals surface area contributed by atoms with Gasteiger partial charge < -0.3 is 20.3 Å². The Balaban J connectivity index is 2.55. The average molecular weight is 268 g/mol. The van der Waals surface area contributed by atoms with E-state index in [1.165, 1.54) is 0 Å². The fraction of sp³-hybridized carbons (Fsp3) is 0.333. The third-order valence-corrected chi connectivity index (χ3v) is 2.13. The molecule has 7 heteroatoms. The number of carboxylic acid groups (broad SMARTS) is 1. The Bertz CT molecular complexity index is 450. The first-order valence-corrected chi connectivity index (χ1v) is 5.68. The number of para-hydroxylation sites is 2. The molecule has 0 bridgehead atoms. The molecule has 104 valence electrons. The van der Waals surface area contributed by atoms with E-state index < -0.39 is 24.7 Å². The molecular formula is C12H16N2O5. The summed E-state index contributed by atoms with van der Waals surface area (Å²) in [6.07, 6.45) is -0.788. The number of rotatable bonds is 6. The molecule has 0 heterocycles. The summed E-state index contributed by atoms with van der Waals surface area (Å²) in [7, 11) is 0. The SMILES string of the molecule is CCOc1ccccc1NC(=O)OCC(N)C(=O)O. The highest BCUT2D eigenvalue weighted by atomic mass is 16.6. The third-order valence-electron chi connectivity index (χ3n) is 2.13. The summed E-state index contributed by atoms with van der Waals surface area (Å²) >= 11 is 0. The van der Waals surface area contributed by atoms with Gasteiger partial charge in [0.05, 0.1) is 12.3 Å². The fourth-order valence-electron chi connectivity index (χ4n) is 1.23. The van der Waals surface area contributed by atoms with Crippen molar-refractivity contribution in [2.45, 2.75) is 13.0 Å². The van der Waals surface area contributed by atoms with E-state index in [1.807, 2.05) is 6.92 Å². The van der Waals surface area contributed by atoms with E-state index in [-0.39, 0.29) is 0 Å². The van der Waals surface area contributed by atoms with Crippen LogP contribution < -0.4 is 15.8 Å². The molecule has 1 atom stereocenters. The smallest absolute Gasteiger partial charge is 0.411 e. The van der Waals surface area contributed by atoms with Crippen molar-refractivity contribution in [1.82, 2.24) is 0 Å². The van der Waals surface area contributed by atoms with E-state index >= 15 is 0 Å². The number of nitrogens with one attached hydrogen (secondary N) is 1. The van der Waals surface area contributed by atoms with Crippen LogP contribution in [0.5, 0.6) is 5.75 Å². The van der Waals surface area contributed by atoms with Crippen molar-refractivity contribution in [2.75, 3.05) is 18.5 Å². The lowest BCUT2D eigenvalue weighted by Crippen LogP contribution is -2.36. The van der Waals surface area contributed by atoms with E-state index in [0.29, 0.717) is 18.0 Å². The Hall–Kier alpha value is -2.28. The quantitative estimate of drug-likeness (QED) is 0.711. The molecule has 4 N–H and O–H groups in total. The second-order valence-electron chi connectivity index (χ2n) is 3.60. The minimum atomic E-state index is -1.24. The number of benzene rings is 1. The number of carboxylic acids is 1. The molecule has 1 amide bonds. The highest BCUT2D eigenvalue weighted by Crippen LogP contribution is 2.23. The van der Waals surface area contributed by atoms with Gasteiger partial charge >= 0.3 is 12.1 Å². The number of nitrogens with two attached hydrogens (primary N) is 1. The molecule has 0 aromatic heterocycles. The van der Waals surface area contributed by atoms with Crippen LogP contribution in [0.4, 0.5) is 10.5 Å². The minimum absolute atomic E-state index is 0.405. The Labute approximate surface area is 110 Å². The minimum Gasteiger partial charge on any atom is -0.492 e. The Morgan fingerprint density at radius 2 is 2.11 bits per heavy atom. The van der Waals surface area contributed by atoms with Gasteiger partial charge in [-0.05, 0) is 19.1 Å². The number of carbonyl (C=O) groups is 2. The van der Waals surface area contributed by atoms with E-state index in [1.54, 1.807) is 24.3 Å². The zero-order valence-electron chi connectivity index (χ0n) is 10.5. The molecular weight excluding hydrogens is 252 g/mol. The standard InChI is InChI=1S/C12H16N2O5/c1-2-18-10-6-4-3-5-9(10)14-12(17)19-7-8(13)11(15)16/h3-6,8H,2,7,13H2,1H3,(H,14,17)(H,15,16). The Morgan fingerprint density at radius 3 is 2.74 bits per heavy atom. The fourth-order valence-corrected chi connectivity index (χ4v) is 1.23. The summed E-state index contributed by atoms with van der Waals surface area (Å²) < 4.78 is 10.0. The molecule has 1 rings (SSSR count). The molecule has 1 aromatic carbocycles. The van der Waals surface area contributed by atoms with Gasteiger partial charge in [0.25, 0.3) is 0 Å². The topological polar surface area (TPSA) is 111 Å². The Morgan fingerprint density at radius 1 is 1.42 bits per heavy atom. The van der Waals surface area contributed by atoms with Crippen molar-refractivity contribution >= 4 is 17.7 Å². The lowest BCUT2D eigenvalue weighted by molar-refractivity contribution is -0.139. The molecule has 0 aliphatic carbocycles. The van der Waals surface area contributed by atoms with Crippen LogP contribution in [0, 0.1) is 0 Å². The molecule has 0 saturated heterocycles. The number of ether oxygens (including phenoxy) is 2. The normalized spacial score (nSPS) is 11.5. The summed E-state index contributed by atoms with van der Waals surface area (Å²) in [6, 6.07) is 5.59. The number of carbonyl (C=O) groups excluding carboxylic acids is 1. The van der Waals surface area contributed by atoms with Crippen LogP contribution in [0.3, 0.4) is 0 Å². The van der Waals surface area contributed by atoms with Crippen molar-refractivity contribution in [3.05, 3.63) is 24.3 Å². The number of anilines is 1. The van der Waals surface area contributed by atoms with Gasteiger partial charge in [0.2, 0.25) is 0 Å². The van der Waals surface area contributed by atoms with Gasteiger partial charge in [-0.25, -0.2) is 4.79 Å². The van der Waals surface area contributed by atoms with Crippen molar-refractivity contribution in [3.63, 3.8) is 0 Å². The predicted molar refractivity (Wildman–Crippen MR) is 68.2 cm³/mol. The second-order valence-corrected chi connectivity index (χ2v) is 3.60. The van der Waals surface area contributed by atoms with Gasteiger partial charge in [-0.15, -0.1) is 0 Å². The molecule has 19 heavy (non-hydrogen) atoms. The number of aliphatic carboxylic acids is 1. The maximum atomic E-state index is 11.5. The van der Waals surface area contributed by atoms with Crippen LogP contribution >= 0.6 is 0 Å². The van der Waals surface area contributed by atoms with Crippen LogP contribution in [0.1, 0.15) is 6.92 Å². The summed E-state index contributed by atoms with van der Waals surface area (Å²) in [5.41, 5.74) is 5.65. The van der Waals surface area contributed by atoms with Crippen LogP contribution in [0.25, 0.3) is 0 Å². The lowest BCUT2D eigenvalue weighted by atomic mass is 10.3. The Kier molecular flexibility index (Phi) is 5.62. The first-order valence-electron chi connectivity index (χ1n) is 5.68. The predicted octanol–water partition coefficient (Wildman–Crippen LogP) is 1.05. The van der Waals surface area contributed by atoms with Crippen LogP contribution in [0.15, 0.2) is 24.3 Å². The first kappa shape index (κ1) is 14.8. The molecule has 0 fully saturated rings. The molecule has 0 aliphatic rings. The van der Waals surface area contributed by atoms with Crippen LogP contribution in [-0.2, 0) is 9.53 Å². The van der Waals surface area contributed by atoms with Crippen molar-refractivity contribution in [3.8, 4) is 5.75 Å². The molecule has 1 unspecified atom stereocenters. The van der Waals surface area contributed by atoms with Crippen LogP contribution in [-0.4, -0.2) is 36.4 Å². The van der Waals surface area contributed by atoms with Gasteiger partial charge in [-0.3, -0.25) is 10.1 Å². The van der Waals surface area contributed by atoms with Crippen molar-refractivity contribution in [2.24, 2.45) is 5.73 Å². The van der Waals surface area contributed by atoms with Crippen molar-refractivity contribution < 1.29 is 24.2 Å². The van der Waals surface area contributed by atoms with E-state index in [2.05, 4.69) is 5.32 Å². The molecule has 0 aliphatic heterocycles. The summed E-state index contributed by atoms with van der Waals surface area (Å²) in [4.78, 5) is 21.9. The van der Waals surface area contributed by atoms with Gasteiger partial charge in [0.1, 0.15) is 18.4 Å². The van der Waals surface area contributed by atoms with E-state index in [4.69, 9.17) is 20.3 Å². The van der Waals surface area contributed by atoms with Gasteiger partial charge in [0, 0.05) is 0 Å². The highest BCUT2D eigenvalue weighted by Gasteiger charge is 2.15. The van der Waals surface area contributed by atoms with Crippen molar-refractivity contribution in [1.29, 1.82) is 0 Å². The molecule has 7 nitrogen and oxygen atoms in total. The molecule has 0 radical (unpaired) electrons. The zero-order valence-corrected chi connectivity index (χ0v) is 10.5. The highest BCUT2D eigenvalue weighted by molar-refractivity contribution is 5.87. The number of amides is 1. The lowest BCUT2D eigenvalue weighted by Gasteiger charge is -2.12. The number of hydrogen-bond acceptors (Lipinski definition) is 5. The monoisotopic (exact) mass is 268 g/mol. The molecule has 0 saturated carbocycles. The van der Waals surface area contributed by atoms with Crippen LogP contribution in [0.2, 0.25) is 0 Å². The maximum Gasteiger partial charge on any atom is 0.411 e. The zero-order chi connectivity index (χ0) is 14.3. The molecule has 1 aromatic rings. The third kappa shape index (κ3) is 4.84. The van der Waals surface area contributed by atoms with Gasteiger partial charge in [0.15, 0.2) is 0 Å². The first-order chi connectivity index (χ1) is 9.04. The van der Waals surface area contributed by atoms with Gasteiger partial charge in [-0.1, -0.05) is 12.1 Å². The van der Waals surface area contributed by atoms with E-state index in [0.717, 1.165) is 0 Å². The summed E-state index contributed by atoms with van der Waals surface area (Å²) in [5.74, 6) is -0.730. The molecule has 0 spiro atoms. The second kappa shape index (κ2) is 7.22. The number of hydrogen-bond donors (Lipinski definition) is 3. The van der Waals surface area contributed by atoms with Gasteiger partial charge in [-0.2, -0.15) is 0 Å².